The Morgan fingerprint density at radius 1 is 1.29 bits per heavy atom. The predicted molar refractivity (Wildman–Crippen MR) is 57.6 cm³/mol. The lowest BCUT2D eigenvalue weighted by Crippen LogP contribution is -2.45. The Morgan fingerprint density at radius 2 is 2.14 bits per heavy atom. The average Bonchev–Trinajstić information content (AvgIpc) is 2.98. The second kappa shape index (κ2) is 3.23. The van der Waals surface area contributed by atoms with Gasteiger partial charge in [0.05, 0.1) is 18.4 Å². The number of rotatable bonds is 2. The van der Waals surface area contributed by atoms with Crippen molar-refractivity contribution in [3.8, 4) is 0 Å². The lowest BCUT2D eigenvalue weighted by atomic mass is 9.87. The highest BCUT2D eigenvalue weighted by Crippen LogP contribution is 2.36. The van der Waals surface area contributed by atoms with Gasteiger partial charge in [0.2, 0.25) is 0 Å². The van der Waals surface area contributed by atoms with E-state index in [0.29, 0.717) is 12.1 Å². The first-order valence-electron chi connectivity index (χ1n) is 5.86. The van der Waals surface area contributed by atoms with Gasteiger partial charge in [-0.15, -0.1) is 0 Å². The Balaban J connectivity index is 1.67. The first kappa shape index (κ1) is 8.72. The zero-order valence-corrected chi connectivity index (χ0v) is 8.82. The summed E-state index contributed by atoms with van der Waals surface area (Å²) in [5.41, 5.74) is 0. The third-order valence-electron chi connectivity index (χ3n) is 3.93. The zero-order chi connectivity index (χ0) is 9.54. The fourth-order valence-corrected chi connectivity index (χ4v) is 2.89. The van der Waals surface area contributed by atoms with Gasteiger partial charge in [-0.25, -0.2) is 0 Å². The van der Waals surface area contributed by atoms with Crippen LogP contribution in [-0.2, 0) is 0 Å². The summed E-state index contributed by atoms with van der Waals surface area (Å²) in [7, 11) is 2.07. The summed E-state index contributed by atoms with van der Waals surface area (Å²) < 4.78 is 0. The number of nitrogens with zero attached hydrogens (tertiary/aromatic N) is 2. The molecule has 3 atom stereocenters. The summed E-state index contributed by atoms with van der Waals surface area (Å²) >= 11 is 0. The lowest BCUT2D eigenvalue weighted by molar-refractivity contribution is 0.217. The van der Waals surface area contributed by atoms with Crippen molar-refractivity contribution in [2.75, 3.05) is 7.05 Å². The molecule has 0 bridgehead atoms. The van der Waals surface area contributed by atoms with Crippen LogP contribution in [0.4, 0.5) is 0 Å². The fraction of sp³-hybridized carbons (Fsp3) is 0.909. The molecule has 3 nitrogen and oxygen atoms in total. The molecule has 1 heterocycles. The van der Waals surface area contributed by atoms with Crippen molar-refractivity contribution in [1.29, 1.82) is 0 Å². The SMILES string of the molecule is CNC1CCC2C(C1)N=CN2C1CC1. The summed E-state index contributed by atoms with van der Waals surface area (Å²) in [6, 6.07) is 2.88. The van der Waals surface area contributed by atoms with Crippen LogP contribution in [0.15, 0.2) is 4.99 Å². The van der Waals surface area contributed by atoms with Crippen LogP contribution in [0, 0.1) is 0 Å². The second-order valence-electron chi connectivity index (χ2n) is 4.88. The van der Waals surface area contributed by atoms with Gasteiger partial charge in [0.1, 0.15) is 0 Å². The Labute approximate surface area is 85.6 Å². The smallest absolute Gasteiger partial charge is 0.0859 e. The molecule has 2 fully saturated rings. The molecular weight excluding hydrogens is 174 g/mol. The van der Waals surface area contributed by atoms with Crippen molar-refractivity contribution in [2.45, 2.75) is 56.3 Å². The van der Waals surface area contributed by atoms with E-state index in [2.05, 4.69) is 28.6 Å². The van der Waals surface area contributed by atoms with Crippen molar-refractivity contribution in [3.05, 3.63) is 0 Å². The molecule has 0 saturated heterocycles. The molecule has 2 aliphatic carbocycles. The fourth-order valence-electron chi connectivity index (χ4n) is 2.89. The Bertz CT molecular complexity index is 247. The van der Waals surface area contributed by atoms with Crippen LogP contribution in [0.1, 0.15) is 32.1 Å². The van der Waals surface area contributed by atoms with Crippen molar-refractivity contribution >= 4 is 6.34 Å². The Morgan fingerprint density at radius 3 is 2.86 bits per heavy atom. The molecule has 0 radical (unpaired) electrons. The molecule has 0 spiro atoms. The molecule has 3 aliphatic rings. The molecule has 1 N–H and O–H groups in total. The molecule has 3 rings (SSSR count). The van der Waals surface area contributed by atoms with E-state index in [4.69, 9.17) is 0 Å². The van der Waals surface area contributed by atoms with Gasteiger partial charge in [-0.3, -0.25) is 4.99 Å². The molecule has 3 unspecified atom stereocenters. The molecule has 78 valence electrons. The normalized spacial score (nSPS) is 41.5. The van der Waals surface area contributed by atoms with Crippen LogP contribution < -0.4 is 5.32 Å². The van der Waals surface area contributed by atoms with Gasteiger partial charge in [0, 0.05) is 12.1 Å². The van der Waals surface area contributed by atoms with Crippen LogP contribution in [0.25, 0.3) is 0 Å². The highest BCUT2D eigenvalue weighted by molar-refractivity contribution is 5.60. The maximum absolute atomic E-state index is 4.66. The van der Waals surface area contributed by atoms with E-state index in [0.717, 1.165) is 12.1 Å². The predicted octanol–water partition coefficient (Wildman–Crippen LogP) is 1.00. The van der Waals surface area contributed by atoms with E-state index in [-0.39, 0.29) is 0 Å². The van der Waals surface area contributed by atoms with E-state index in [1.54, 1.807) is 0 Å². The number of nitrogens with one attached hydrogen (secondary N) is 1. The summed E-state index contributed by atoms with van der Waals surface area (Å²) in [6.45, 7) is 0. The number of hydrogen-bond donors (Lipinski definition) is 1. The quantitative estimate of drug-likeness (QED) is 0.708. The van der Waals surface area contributed by atoms with E-state index in [9.17, 15) is 0 Å². The molecular formula is C11H19N3. The lowest BCUT2D eigenvalue weighted by Gasteiger charge is -2.35. The third-order valence-corrected chi connectivity index (χ3v) is 3.93. The Hall–Kier alpha value is -0.570. The topological polar surface area (TPSA) is 27.6 Å². The Kier molecular flexibility index (Phi) is 2.01. The molecule has 3 heteroatoms. The first-order chi connectivity index (χ1) is 6.88. The molecule has 1 aliphatic heterocycles. The van der Waals surface area contributed by atoms with Gasteiger partial charge in [0.15, 0.2) is 0 Å². The molecule has 0 aromatic rings. The van der Waals surface area contributed by atoms with Crippen LogP contribution in [0.5, 0.6) is 0 Å². The molecule has 14 heavy (non-hydrogen) atoms. The maximum atomic E-state index is 4.66. The number of aliphatic imine (C=N–C) groups is 1. The molecule has 0 aromatic carbocycles. The largest absolute Gasteiger partial charge is 0.355 e. The molecule has 0 amide bonds. The highest BCUT2D eigenvalue weighted by atomic mass is 15.3. The second-order valence-corrected chi connectivity index (χ2v) is 4.88. The van der Waals surface area contributed by atoms with E-state index >= 15 is 0 Å². The zero-order valence-electron chi connectivity index (χ0n) is 8.82. The monoisotopic (exact) mass is 193 g/mol. The summed E-state index contributed by atoms with van der Waals surface area (Å²) in [5, 5.41) is 3.38. The maximum Gasteiger partial charge on any atom is 0.0859 e. The highest BCUT2D eigenvalue weighted by Gasteiger charge is 2.41. The van der Waals surface area contributed by atoms with E-state index < -0.39 is 0 Å². The van der Waals surface area contributed by atoms with Gasteiger partial charge in [0.25, 0.3) is 0 Å². The van der Waals surface area contributed by atoms with Gasteiger partial charge in [-0.05, 0) is 39.2 Å². The van der Waals surface area contributed by atoms with Gasteiger partial charge < -0.3 is 10.2 Å². The van der Waals surface area contributed by atoms with Crippen molar-refractivity contribution in [2.24, 2.45) is 4.99 Å². The molecule has 0 aromatic heterocycles. The minimum Gasteiger partial charge on any atom is -0.355 e. The number of hydrogen-bond acceptors (Lipinski definition) is 3. The summed E-state index contributed by atoms with van der Waals surface area (Å²) in [6.07, 6.45) is 8.80. The van der Waals surface area contributed by atoms with Gasteiger partial charge in [-0.1, -0.05) is 0 Å². The number of fused-ring (bicyclic) bond motifs is 1. The first-order valence-corrected chi connectivity index (χ1v) is 5.86. The van der Waals surface area contributed by atoms with Crippen molar-refractivity contribution in [3.63, 3.8) is 0 Å². The van der Waals surface area contributed by atoms with Crippen LogP contribution in [0.2, 0.25) is 0 Å². The van der Waals surface area contributed by atoms with Crippen molar-refractivity contribution < 1.29 is 0 Å². The van der Waals surface area contributed by atoms with Crippen molar-refractivity contribution in [1.82, 2.24) is 10.2 Å². The van der Waals surface area contributed by atoms with E-state index in [1.165, 1.54) is 32.1 Å². The average molecular weight is 193 g/mol. The third kappa shape index (κ3) is 1.34. The van der Waals surface area contributed by atoms with Gasteiger partial charge >= 0.3 is 0 Å². The van der Waals surface area contributed by atoms with Crippen LogP contribution >= 0.6 is 0 Å². The van der Waals surface area contributed by atoms with Crippen LogP contribution in [0.3, 0.4) is 0 Å². The molecule has 2 saturated carbocycles. The minimum absolute atomic E-state index is 0.585. The van der Waals surface area contributed by atoms with Crippen LogP contribution in [-0.4, -0.2) is 42.5 Å². The summed E-state index contributed by atoms with van der Waals surface area (Å²) in [4.78, 5) is 7.20. The minimum atomic E-state index is 0.585. The van der Waals surface area contributed by atoms with Gasteiger partial charge in [-0.2, -0.15) is 0 Å². The summed E-state index contributed by atoms with van der Waals surface area (Å²) in [5.74, 6) is 0. The van der Waals surface area contributed by atoms with E-state index in [1.807, 2.05) is 0 Å². The standard InChI is InChI=1S/C11H19N3/c1-12-8-2-5-11-10(6-8)13-7-14(11)9-3-4-9/h7-12H,2-6H2,1H3.